The van der Waals surface area contributed by atoms with Gasteiger partial charge in [0.15, 0.2) is 0 Å². The molecule has 196 valence electrons. The van der Waals surface area contributed by atoms with Crippen LogP contribution in [0.15, 0.2) is 79.4 Å². The third-order valence-electron chi connectivity index (χ3n) is 5.99. The SMILES string of the molecule is CS(=O)(=O)CCNCc1ncc(N2C=Cc3cncc(Nc4ccc(OCc5ccccc5)cc4)c3C2)s1. The van der Waals surface area contributed by atoms with Crippen LogP contribution >= 0.6 is 11.3 Å². The molecule has 10 heteroatoms. The van der Waals surface area contributed by atoms with Crippen LogP contribution in [-0.2, 0) is 29.5 Å². The molecule has 1 aliphatic rings. The standard InChI is InChI=1S/C28H29N5O3S2/c1-38(34,35)14-12-29-17-27-31-18-28(37-27)33-13-11-22-15-30-16-26(25(22)19-33)32-23-7-9-24(10-8-23)36-20-21-5-3-2-4-6-21/h2-11,13,15-16,18,29,32H,12,14,17,19-20H2,1H3. The van der Waals surface area contributed by atoms with Crippen molar-refractivity contribution in [3.63, 3.8) is 0 Å². The molecule has 0 bridgehead atoms. The minimum atomic E-state index is -2.98. The van der Waals surface area contributed by atoms with Gasteiger partial charge in [-0.3, -0.25) is 4.98 Å². The normalized spacial score (nSPS) is 12.8. The maximum atomic E-state index is 11.3. The van der Waals surface area contributed by atoms with Crippen LogP contribution in [0.2, 0.25) is 0 Å². The van der Waals surface area contributed by atoms with Gasteiger partial charge in [-0.1, -0.05) is 41.7 Å². The van der Waals surface area contributed by atoms with Crippen LogP contribution in [0.25, 0.3) is 6.08 Å². The van der Waals surface area contributed by atoms with E-state index in [1.165, 1.54) is 6.26 Å². The molecule has 4 aromatic rings. The number of fused-ring (bicyclic) bond motifs is 1. The molecule has 0 fully saturated rings. The first kappa shape index (κ1) is 25.9. The lowest BCUT2D eigenvalue weighted by Crippen LogP contribution is -2.21. The summed E-state index contributed by atoms with van der Waals surface area (Å²) in [5, 5.41) is 8.59. The van der Waals surface area contributed by atoms with Gasteiger partial charge in [0, 0.05) is 48.6 Å². The van der Waals surface area contributed by atoms with Crippen molar-refractivity contribution < 1.29 is 13.2 Å². The first-order valence-electron chi connectivity index (χ1n) is 12.2. The molecule has 38 heavy (non-hydrogen) atoms. The summed E-state index contributed by atoms with van der Waals surface area (Å²) < 4.78 is 28.5. The monoisotopic (exact) mass is 547 g/mol. The molecule has 0 amide bonds. The summed E-state index contributed by atoms with van der Waals surface area (Å²) in [6.07, 6.45) is 10.9. The summed E-state index contributed by atoms with van der Waals surface area (Å²) in [7, 11) is -2.98. The molecule has 2 N–H and O–H groups in total. The number of sulfone groups is 1. The number of benzene rings is 2. The van der Waals surface area contributed by atoms with Gasteiger partial charge in [-0.2, -0.15) is 0 Å². The quantitative estimate of drug-likeness (QED) is 0.254. The lowest BCUT2D eigenvalue weighted by molar-refractivity contribution is 0.306. The molecule has 0 atom stereocenters. The molecule has 2 aromatic carbocycles. The van der Waals surface area contributed by atoms with Crippen LogP contribution in [0.1, 0.15) is 21.7 Å². The Morgan fingerprint density at radius 3 is 2.66 bits per heavy atom. The van der Waals surface area contributed by atoms with Crippen molar-refractivity contribution in [3.05, 3.63) is 101 Å². The van der Waals surface area contributed by atoms with Gasteiger partial charge >= 0.3 is 0 Å². The first-order valence-corrected chi connectivity index (χ1v) is 15.1. The maximum absolute atomic E-state index is 11.3. The second kappa shape index (κ2) is 11.8. The Morgan fingerprint density at radius 2 is 1.87 bits per heavy atom. The van der Waals surface area contributed by atoms with Gasteiger partial charge < -0.3 is 20.3 Å². The largest absolute Gasteiger partial charge is 0.489 e. The van der Waals surface area contributed by atoms with Gasteiger partial charge in [-0.25, -0.2) is 13.4 Å². The molecular weight excluding hydrogens is 518 g/mol. The lowest BCUT2D eigenvalue weighted by atomic mass is 10.0. The average molecular weight is 548 g/mol. The van der Waals surface area contributed by atoms with Gasteiger partial charge in [0.25, 0.3) is 0 Å². The summed E-state index contributed by atoms with van der Waals surface area (Å²) in [6.45, 7) is 2.16. The fourth-order valence-corrected chi connectivity index (χ4v) is 5.36. The van der Waals surface area contributed by atoms with E-state index >= 15 is 0 Å². The van der Waals surface area contributed by atoms with Crippen LogP contribution in [0, 0.1) is 0 Å². The van der Waals surface area contributed by atoms with Crippen molar-refractivity contribution in [3.8, 4) is 5.75 Å². The summed E-state index contributed by atoms with van der Waals surface area (Å²) in [4.78, 5) is 11.1. The Morgan fingerprint density at radius 1 is 1.05 bits per heavy atom. The predicted molar refractivity (Wildman–Crippen MR) is 153 cm³/mol. The van der Waals surface area contributed by atoms with Crippen molar-refractivity contribution in [2.24, 2.45) is 0 Å². The number of rotatable bonds is 11. The summed E-state index contributed by atoms with van der Waals surface area (Å²) >= 11 is 1.59. The molecule has 3 heterocycles. The highest BCUT2D eigenvalue weighted by atomic mass is 32.2. The van der Waals surface area contributed by atoms with E-state index < -0.39 is 9.84 Å². The Bertz CT molecular complexity index is 1500. The van der Waals surface area contributed by atoms with Gasteiger partial charge in [0.05, 0.1) is 30.4 Å². The second-order valence-electron chi connectivity index (χ2n) is 9.02. The Kier molecular flexibility index (Phi) is 8.02. The van der Waals surface area contributed by atoms with E-state index in [0.29, 0.717) is 26.2 Å². The molecule has 2 aromatic heterocycles. The number of nitrogens with one attached hydrogen (secondary N) is 2. The van der Waals surface area contributed by atoms with Gasteiger partial charge in [-0.15, -0.1) is 0 Å². The number of nitrogens with zero attached hydrogens (tertiary/aromatic N) is 3. The van der Waals surface area contributed by atoms with E-state index in [-0.39, 0.29) is 5.75 Å². The average Bonchev–Trinajstić information content (AvgIpc) is 3.40. The molecular formula is C28H29N5O3S2. The fourth-order valence-electron chi connectivity index (χ4n) is 3.97. The van der Waals surface area contributed by atoms with Gasteiger partial charge in [0.1, 0.15) is 32.2 Å². The van der Waals surface area contributed by atoms with Gasteiger partial charge in [0.2, 0.25) is 0 Å². The number of thiazole rings is 1. The number of ether oxygens (including phenoxy) is 1. The summed E-state index contributed by atoms with van der Waals surface area (Å²) in [5.41, 5.74) is 5.25. The molecule has 0 radical (unpaired) electrons. The van der Waals surface area contributed by atoms with Crippen molar-refractivity contribution in [2.45, 2.75) is 19.7 Å². The highest BCUT2D eigenvalue weighted by Gasteiger charge is 2.18. The zero-order valence-electron chi connectivity index (χ0n) is 21.0. The number of anilines is 3. The molecule has 8 nitrogen and oxygen atoms in total. The topological polar surface area (TPSA) is 96.5 Å². The van der Waals surface area contributed by atoms with E-state index in [1.807, 2.05) is 79.4 Å². The number of aromatic nitrogens is 2. The van der Waals surface area contributed by atoms with Crippen molar-refractivity contribution >= 4 is 43.6 Å². The molecule has 1 aliphatic heterocycles. The number of hydrogen-bond donors (Lipinski definition) is 2. The second-order valence-corrected chi connectivity index (χ2v) is 12.4. The fraction of sp³-hybridized carbons (Fsp3) is 0.214. The predicted octanol–water partition coefficient (Wildman–Crippen LogP) is 4.99. The molecule has 5 rings (SSSR count). The molecule has 0 saturated heterocycles. The number of pyridine rings is 1. The first-order chi connectivity index (χ1) is 18.4. The Balaban J connectivity index is 1.21. The maximum Gasteiger partial charge on any atom is 0.148 e. The van der Waals surface area contributed by atoms with E-state index in [4.69, 9.17) is 4.74 Å². The van der Waals surface area contributed by atoms with Crippen molar-refractivity contribution in [2.75, 3.05) is 28.8 Å². The highest BCUT2D eigenvalue weighted by Crippen LogP contribution is 2.33. The van der Waals surface area contributed by atoms with Gasteiger partial charge in [-0.05, 0) is 35.9 Å². The molecule has 0 unspecified atom stereocenters. The Hall–Kier alpha value is -3.73. The van der Waals surface area contributed by atoms with Crippen molar-refractivity contribution in [1.82, 2.24) is 15.3 Å². The van der Waals surface area contributed by atoms with E-state index in [1.54, 1.807) is 11.3 Å². The van der Waals surface area contributed by atoms with E-state index in [9.17, 15) is 8.42 Å². The van der Waals surface area contributed by atoms with Crippen molar-refractivity contribution in [1.29, 1.82) is 0 Å². The smallest absolute Gasteiger partial charge is 0.148 e. The van der Waals surface area contributed by atoms with Crippen LogP contribution in [0.4, 0.5) is 16.4 Å². The van der Waals surface area contributed by atoms with E-state index in [0.717, 1.165) is 43.8 Å². The summed E-state index contributed by atoms with van der Waals surface area (Å²) in [6, 6.07) is 18.0. The Labute approximate surface area is 227 Å². The minimum absolute atomic E-state index is 0.115. The van der Waals surface area contributed by atoms with Crippen LogP contribution in [-0.4, -0.2) is 36.9 Å². The number of hydrogen-bond acceptors (Lipinski definition) is 9. The zero-order chi connectivity index (χ0) is 26.4. The van der Waals surface area contributed by atoms with E-state index in [2.05, 4.69) is 31.6 Å². The molecule has 0 spiro atoms. The highest BCUT2D eigenvalue weighted by molar-refractivity contribution is 7.90. The molecule has 0 aliphatic carbocycles. The lowest BCUT2D eigenvalue weighted by Gasteiger charge is -2.25. The zero-order valence-corrected chi connectivity index (χ0v) is 22.6. The van der Waals surface area contributed by atoms with Crippen LogP contribution in [0.3, 0.4) is 0 Å². The van der Waals surface area contributed by atoms with Crippen LogP contribution in [0.5, 0.6) is 5.75 Å². The third-order valence-corrected chi connectivity index (χ3v) is 7.97. The minimum Gasteiger partial charge on any atom is -0.489 e. The molecule has 0 saturated carbocycles. The van der Waals surface area contributed by atoms with Crippen LogP contribution < -0.4 is 20.3 Å². The summed E-state index contributed by atoms with van der Waals surface area (Å²) in [5.74, 6) is 0.929. The third kappa shape index (κ3) is 6.97.